The number of ether oxygens (including phenoxy) is 1. The van der Waals surface area contributed by atoms with Gasteiger partial charge in [-0.25, -0.2) is 0 Å². The molecule has 31 heavy (non-hydrogen) atoms. The van der Waals surface area contributed by atoms with Gasteiger partial charge in [0.15, 0.2) is 5.78 Å². The van der Waals surface area contributed by atoms with E-state index in [0.29, 0.717) is 34.9 Å². The summed E-state index contributed by atoms with van der Waals surface area (Å²) in [6.45, 7) is 0.384. The van der Waals surface area contributed by atoms with Crippen molar-refractivity contribution < 1.29 is 14.3 Å². The van der Waals surface area contributed by atoms with Crippen LogP contribution in [0.25, 0.3) is 0 Å². The van der Waals surface area contributed by atoms with Crippen molar-refractivity contribution in [3.05, 3.63) is 126 Å². The average Bonchev–Trinajstić information content (AvgIpc) is 2.85. The lowest BCUT2D eigenvalue weighted by Crippen LogP contribution is -2.18. The fraction of sp³-hybridized carbons (Fsp3) is 0.0370. The minimum Gasteiger partial charge on any atom is -0.489 e. The molecule has 4 aromatic carbocycles. The molecule has 0 aliphatic heterocycles. The molecule has 0 aromatic heterocycles. The third-order valence-electron chi connectivity index (χ3n) is 4.90. The molecule has 0 atom stereocenters. The Morgan fingerprint density at radius 1 is 0.774 bits per heavy atom. The van der Waals surface area contributed by atoms with Gasteiger partial charge in [0.25, 0.3) is 0 Å². The Kier molecular flexibility index (Phi) is 6.19. The van der Waals surface area contributed by atoms with Crippen molar-refractivity contribution in [2.75, 3.05) is 4.90 Å². The van der Waals surface area contributed by atoms with E-state index >= 15 is 0 Å². The molecule has 0 aliphatic carbocycles. The summed E-state index contributed by atoms with van der Waals surface area (Å²) in [4.78, 5) is 26.8. The van der Waals surface area contributed by atoms with Crippen molar-refractivity contribution in [1.82, 2.24) is 0 Å². The lowest BCUT2D eigenvalue weighted by molar-refractivity contribution is -0.106. The topological polar surface area (TPSA) is 46.6 Å². The molecule has 0 saturated carbocycles. The van der Waals surface area contributed by atoms with Crippen LogP contribution in [0.1, 0.15) is 21.5 Å². The maximum Gasteiger partial charge on any atom is 0.218 e. The van der Waals surface area contributed by atoms with E-state index in [0.717, 1.165) is 12.0 Å². The van der Waals surface area contributed by atoms with E-state index in [9.17, 15) is 9.59 Å². The van der Waals surface area contributed by atoms with Crippen molar-refractivity contribution in [3.63, 3.8) is 0 Å². The number of para-hydroxylation sites is 1. The molecule has 0 bridgehead atoms. The van der Waals surface area contributed by atoms with Crippen LogP contribution in [0.5, 0.6) is 5.75 Å². The second-order valence-corrected chi connectivity index (χ2v) is 6.96. The number of hydrogen-bond acceptors (Lipinski definition) is 3. The number of ketones is 1. The first kappa shape index (κ1) is 20.1. The van der Waals surface area contributed by atoms with Gasteiger partial charge in [0, 0.05) is 11.3 Å². The van der Waals surface area contributed by atoms with Crippen LogP contribution < -0.4 is 9.64 Å². The molecule has 4 rings (SSSR count). The van der Waals surface area contributed by atoms with Crippen molar-refractivity contribution in [2.45, 2.75) is 6.61 Å². The van der Waals surface area contributed by atoms with Crippen LogP contribution in [0.15, 0.2) is 109 Å². The van der Waals surface area contributed by atoms with E-state index in [1.54, 1.807) is 30.3 Å². The highest BCUT2D eigenvalue weighted by Crippen LogP contribution is 2.32. The normalized spacial score (nSPS) is 10.3. The Labute approximate surface area is 181 Å². The molecule has 152 valence electrons. The minimum absolute atomic E-state index is 0.177. The smallest absolute Gasteiger partial charge is 0.218 e. The van der Waals surface area contributed by atoms with E-state index in [2.05, 4.69) is 0 Å². The van der Waals surface area contributed by atoms with E-state index in [-0.39, 0.29) is 5.78 Å². The molecular weight excluding hydrogens is 386 g/mol. The first-order chi connectivity index (χ1) is 15.3. The summed E-state index contributed by atoms with van der Waals surface area (Å²) in [5, 5.41) is 0. The van der Waals surface area contributed by atoms with Gasteiger partial charge in [0.2, 0.25) is 6.41 Å². The summed E-state index contributed by atoms with van der Waals surface area (Å²) in [7, 11) is 0. The zero-order valence-electron chi connectivity index (χ0n) is 16.8. The first-order valence-electron chi connectivity index (χ1n) is 9.96. The van der Waals surface area contributed by atoms with Gasteiger partial charge in [-0.2, -0.15) is 0 Å². The number of anilines is 2. The molecule has 4 aromatic rings. The summed E-state index contributed by atoms with van der Waals surface area (Å²) in [6.07, 6.45) is 0.719. The zero-order chi connectivity index (χ0) is 21.5. The molecule has 0 heterocycles. The third-order valence-corrected chi connectivity index (χ3v) is 4.90. The quantitative estimate of drug-likeness (QED) is 0.274. The van der Waals surface area contributed by atoms with Gasteiger partial charge in [0.1, 0.15) is 12.4 Å². The van der Waals surface area contributed by atoms with Gasteiger partial charge in [-0.1, -0.05) is 78.9 Å². The Morgan fingerprint density at radius 2 is 1.39 bits per heavy atom. The Balaban J connectivity index is 1.73. The third kappa shape index (κ3) is 4.70. The standard InChI is InChI=1S/C27H21NO3/c29-20-28(23-14-8-3-9-15-23)26-17-16-24(31-19-21-10-4-1-5-11-21)18-25(26)27(30)22-12-6-2-7-13-22/h1-18,20H,19H2. The van der Waals surface area contributed by atoms with Crippen LogP contribution in [0, 0.1) is 0 Å². The van der Waals surface area contributed by atoms with Gasteiger partial charge in [-0.15, -0.1) is 0 Å². The molecule has 0 unspecified atom stereocenters. The van der Waals surface area contributed by atoms with E-state index in [1.807, 2.05) is 78.9 Å². The predicted molar refractivity (Wildman–Crippen MR) is 122 cm³/mol. The molecule has 0 N–H and O–H groups in total. The molecule has 0 fully saturated rings. The Bertz CT molecular complexity index is 1160. The number of hydrogen-bond donors (Lipinski definition) is 0. The molecular formula is C27H21NO3. The largest absolute Gasteiger partial charge is 0.489 e. The van der Waals surface area contributed by atoms with Crippen LogP contribution in [-0.4, -0.2) is 12.2 Å². The van der Waals surface area contributed by atoms with Gasteiger partial charge in [-0.3, -0.25) is 14.5 Å². The van der Waals surface area contributed by atoms with Crippen LogP contribution in [0.3, 0.4) is 0 Å². The zero-order valence-corrected chi connectivity index (χ0v) is 16.8. The lowest BCUT2D eigenvalue weighted by atomic mass is 10.0. The van der Waals surface area contributed by atoms with Gasteiger partial charge in [0.05, 0.1) is 11.3 Å². The second kappa shape index (κ2) is 9.55. The van der Waals surface area contributed by atoms with Crippen LogP contribution in [-0.2, 0) is 11.4 Å². The fourth-order valence-corrected chi connectivity index (χ4v) is 3.33. The molecule has 0 radical (unpaired) electrons. The average molecular weight is 407 g/mol. The maximum absolute atomic E-state index is 13.3. The predicted octanol–water partition coefficient (Wildman–Crippen LogP) is 5.79. The number of nitrogens with zero attached hydrogens (tertiary/aromatic N) is 1. The van der Waals surface area contributed by atoms with Crippen LogP contribution >= 0.6 is 0 Å². The number of benzene rings is 4. The van der Waals surface area contributed by atoms with Crippen molar-refractivity contribution in [1.29, 1.82) is 0 Å². The summed E-state index contributed by atoms with van der Waals surface area (Å²) in [5.74, 6) is 0.384. The first-order valence-corrected chi connectivity index (χ1v) is 9.96. The van der Waals surface area contributed by atoms with Gasteiger partial charge < -0.3 is 4.74 Å². The van der Waals surface area contributed by atoms with Crippen molar-refractivity contribution >= 4 is 23.6 Å². The van der Waals surface area contributed by atoms with Crippen molar-refractivity contribution in [3.8, 4) is 5.75 Å². The second-order valence-electron chi connectivity index (χ2n) is 6.96. The summed E-state index contributed by atoms with van der Waals surface area (Å²) < 4.78 is 5.93. The fourth-order valence-electron chi connectivity index (χ4n) is 3.33. The minimum atomic E-state index is -0.177. The highest BCUT2D eigenvalue weighted by Gasteiger charge is 2.20. The summed E-state index contributed by atoms with van der Waals surface area (Å²) in [5.41, 5.74) is 3.15. The molecule has 4 heteroatoms. The molecule has 4 nitrogen and oxygen atoms in total. The van der Waals surface area contributed by atoms with Crippen LogP contribution in [0.4, 0.5) is 11.4 Å². The molecule has 1 amide bonds. The highest BCUT2D eigenvalue weighted by atomic mass is 16.5. The number of amides is 1. The Hall–Kier alpha value is -4.18. The summed E-state index contributed by atoms with van der Waals surface area (Å²) in [6, 6.07) is 33.3. The van der Waals surface area contributed by atoms with E-state index < -0.39 is 0 Å². The maximum atomic E-state index is 13.3. The summed E-state index contributed by atoms with van der Waals surface area (Å²) >= 11 is 0. The molecule has 0 aliphatic rings. The van der Waals surface area contributed by atoms with E-state index in [1.165, 1.54) is 4.90 Å². The van der Waals surface area contributed by atoms with Crippen LogP contribution in [0.2, 0.25) is 0 Å². The van der Waals surface area contributed by atoms with Gasteiger partial charge >= 0.3 is 0 Å². The number of carbonyl (C=O) groups is 2. The molecule has 0 saturated heterocycles. The molecule has 0 spiro atoms. The van der Waals surface area contributed by atoms with Crippen molar-refractivity contribution in [2.24, 2.45) is 0 Å². The Morgan fingerprint density at radius 3 is 2.03 bits per heavy atom. The SMILES string of the molecule is O=CN(c1ccccc1)c1ccc(OCc2ccccc2)cc1C(=O)c1ccccc1. The van der Waals surface area contributed by atoms with E-state index in [4.69, 9.17) is 4.74 Å². The number of carbonyl (C=O) groups excluding carboxylic acids is 2. The lowest BCUT2D eigenvalue weighted by Gasteiger charge is -2.21. The highest BCUT2D eigenvalue weighted by molar-refractivity contribution is 6.14. The monoisotopic (exact) mass is 407 g/mol. The van der Waals surface area contributed by atoms with Gasteiger partial charge in [-0.05, 0) is 35.9 Å². The number of rotatable bonds is 8.